The van der Waals surface area contributed by atoms with Crippen molar-refractivity contribution in [2.24, 2.45) is 0 Å². The highest BCUT2D eigenvalue weighted by Gasteiger charge is 2.17. The van der Waals surface area contributed by atoms with Crippen LogP contribution in [0.5, 0.6) is 0 Å². The Labute approximate surface area is 127 Å². The SMILES string of the molecule is Cc1cc(NCCCN2CCCCC2C)ccc1C(=O)O. The maximum absolute atomic E-state index is 11.0. The van der Waals surface area contributed by atoms with Crippen molar-refractivity contribution in [1.29, 1.82) is 0 Å². The third kappa shape index (κ3) is 4.46. The number of rotatable bonds is 6. The van der Waals surface area contributed by atoms with Gasteiger partial charge in [-0.15, -0.1) is 0 Å². The highest BCUT2D eigenvalue weighted by atomic mass is 16.4. The second kappa shape index (κ2) is 7.46. The topological polar surface area (TPSA) is 52.6 Å². The molecule has 0 saturated carbocycles. The molecule has 1 atom stereocenters. The Morgan fingerprint density at radius 2 is 2.24 bits per heavy atom. The van der Waals surface area contributed by atoms with Crippen molar-refractivity contribution in [2.75, 3.05) is 25.0 Å². The third-order valence-corrected chi connectivity index (χ3v) is 4.35. The van der Waals surface area contributed by atoms with Gasteiger partial charge in [-0.2, -0.15) is 0 Å². The molecule has 116 valence electrons. The van der Waals surface area contributed by atoms with Gasteiger partial charge in [0.05, 0.1) is 5.56 Å². The number of nitrogens with zero attached hydrogens (tertiary/aromatic N) is 1. The molecular formula is C17H26N2O2. The lowest BCUT2D eigenvalue weighted by molar-refractivity contribution is 0.0696. The predicted molar refractivity (Wildman–Crippen MR) is 86.1 cm³/mol. The fourth-order valence-corrected chi connectivity index (χ4v) is 3.02. The number of benzene rings is 1. The van der Waals surface area contributed by atoms with Gasteiger partial charge in [-0.1, -0.05) is 6.42 Å². The molecule has 0 aromatic heterocycles. The summed E-state index contributed by atoms with van der Waals surface area (Å²) < 4.78 is 0. The van der Waals surface area contributed by atoms with Crippen molar-refractivity contribution in [2.45, 2.75) is 45.6 Å². The van der Waals surface area contributed by atoms with Crippen LogP contribution in [0.15, 0.2) is 18.2 Å². The second-order valence-electron chi connectivity index (χ2n) is 6.00. The summed E-state index contributed by atoms with van der Waals surface area (Å²) in [7, 11) is 0. The Hall–Kier alpha value is -1.55. The molecule has 1 saturated heterocycles. The smallest absolute Gasteiger partial charge is 0.335 e. The number of nitrogens with one attached hydrogen (secondary N) is 1. The van der Waals surface area contributed by atoms with E-state index in [9.17, 15) is 4.79 Å². The number of carbonyl (C=O) groups is 1. The van der Waals surface area contributed by atoms with Gasteiger partial charge in [0, 0.05) is 24.8 Å². The highest BCUT2D eigenvalue weighted by Crippen LogP contribution is 2.17. The standard InChI is InChI=1S/C17H26N2O2/c1-13-12-15(7-8-16(13)17(20)21)18-9-5-11-19-10-4-3-6-14(19)2/h7-8,12,14,18H,3-6,9-11H2,1-2H3,(H,20,21). The molecule has 1 fully saturated rings. The van der Waals surface area contributed by atoms with E-state index in [2.05, 4.69) is 17.1 Å². The number of anilines is 1. The van der Waals surface area contributed by atoms with Crippen molar-refractivity contribution >= 4 is 11.7 Å². The van der Waals surface area contributed by atoms with Gasteiger partial charge in [0.2, 0.25) is 0 Å². The van der Waals surface area contributed by atoms with E-state index in [-0.39, 0.29) is 0 Å². The van der Waals surface area contributed by atoms with E-state index in [0.29, 0.717) is 5.56 Å². The van der Waals surface area contributed by atoms with Crippen LogP contribution in [0.2, 0.25) is 0 Å². The number of carboxylic acid groups (broad SMARTS) is 1. The van der Waals surface area contributed by atoms with Gasteiger partial charge >= 0.3 is 5.97 Å². The van der Waals surface area contributed by atoms with E-state index in [1.165, 1.54) is 25.8 Å². The molecule has 21 heavy (non-hydrogen) atoms. The van der Waals surface area contributed by atoms with Gasteiger partial charge in [0.25, 0.3) is 0 Å². The first kappa shape index (κ1) is 15.8. The van der Waals surface area contributed by atoms with Crippen LogP contribution in [0.25, 0.3) is 0 Å². The summed E-state index contributed by atoms with van der Waals surface area (Å²) in [4.78, 5) is 13.5. The maximum Gasteiger partial charge on any atom is 0.335 e. The Balaban J connectivity index is 1.76. The Morgan fingerprint density at radius 1 is 1.43 bits per heavy atom. The van der Waals surface area contributed by atoms with E-state index >= 15 is 0 Å². The zero-order valence-electron chi connectivity index (χ0n) is 13.1. The number of aromatic carboxylic acids is 1. The number of piperidine rings is 1. The highest BCUT2D eigenvalue weighted by molar-refractivity contribution is 5.89. The average Bonchev–Trinajstić information content (AvgIpc) is 2.45. The summed E-state index contributed by atoms with van der Waals surface area (Å²) in [5.74, 6) is -0.863. The van der Waals surface area contributed by atoms with Gasteiger partial charge in [0.1, 0.15) is 0 Å². The third-order valence-electron chi connectivity index (χ3n) is 4.35. The molecule has 4 heteroatoms. The minimum absolute atomic E-state index is 0.377. The Morgan fingerprint density at radius 3 is 2.90 bits per heavy atom. The molecule has 0 aliphatic carbocycles. The minimum atomic E-state index is -0.863. The fourth-order valence-electron chi connectivity index (χ4n) is 3.02. The summed E-state index contributed by atoms with van der Waals surface area (Å²) in [5, 5.41) is 12.4. The van der Waals surface area contributed by atoms with E-state index in [4.69, 9.17) is 5.11 Å². The molecule has 0 bridgehead atoms. The first-order valence-electron chi connectivity index (χ1n) is 7.90. The van der Waals surface area contributed by atoms with Crippen LogP contribution in [0.3, 0.4) is 0 Å². The van der Waals surface area contributed by atoms with Gasteiger partial charge in [-0.05, 0) is 63.4 Å². The van der Waals surface area contributed by atoms with Crippen LogP contribution in [0.1, 0.15) is 48.5 Å². The summed E-state index contributed by atoms with van der Waals surface area (Å²) >= 11 is 0. The lowest BCUT2D eigenvalue weighted by atomic mass is 10.0. The van der Waals surface area contributed by atoms with Crippen LogP contribution in [-0.4, -0.2) is 41.7 Å². The first-order chi connectivity index (χ1) is 10.1. The zero-order chi connectivity index (χ0) is 15.2. The molecular weight excluding hydrogens is 264 g/mol. The fraction of sp³-hybridized carbons (Fsp3) is 0.588. The zero-order valence-corrected chi connectivity index (χ0v) is 13.1. The number of aryl methyl sites for hydroxylation is 1. The maximum atomic E-state index is 11.0. The largest absolute Gasteiger partial charge is 0.478 e. The molecule has 0 spiro atoms. The molecule has 0 amide bonds. The lowest BCUT2D eigenvalue weighted by Gasteiger charge is -2.33. The predicted octanol–water partition coefficient (Wildman–Crippen LogP) is 3.37. The molecule has 1 aromatic carbocycles. The van der Waals surface area contributed by atoms with E-state index in [0.717, 1.165) is 36.8 Å². The van der Waals surface area contributed by atoms with Crippen molar-refractivity contribution < 1.29 is 9.90 Å². The molecule has 2 rings (SSSR count). The van der Waals surface area contributed by atoms with E-state index in [1.807, 2.05) is 19.1 Å². The van der Waals surface area contributed by atoms with E-state index < -0.39 is 5.97 Å². The molecule has 1 aliphatic rings. The van der Waals surface area contributed by atoms with Crippen molar-refractivity contribution in [1.82, 2.24) is 4.90 Å². The molecule has 1 aliphatic heterocycles. The first-order valence-corrected chi connectivity index (χ1v) is 7.90. The van der Waals surface area contributed by atoms with Gasteiger partial charge in [-0.3, -0.25) is 0 Å². The normalized spacial score (nSPS) is 19.4. The molecule has 2 N–H and O–H groups in total. The Bertz CT molecular complexity index is 488. The van der Waals surface area contributed by atoms with Crippen LogP contribution in [-0.2, 0) is 0 Å². The number of hydrogen-bond acceptors (Lipinski definition) is 3. The van der Waals surface area contributed by atoms with Crippen molar-refractivity contribution in [3.8, 4) is 0 Å². The van der Waals surface area contributed by atoms with Crippen LogP contribution in [0.4, 0.5) is 5.69 Å². The lowest BCUT2D eigenvalue weighted by Crippen LogP contribution is -2.38. The average molecular weight is 290 g/mol. The monoisotopic (exact) mass is 290 g/mol. The Kier molecular flexibility index (Phi) is 5.62. The van der Waals surface area contributed by atoms with Crippen LogP contribution in [0, 0.1) is 6.92 Å². The quantitative estimate of drug-likeness (QED) is 0.789. The summed E-state index contributed by atoms with van der Waals surface area (Å²) in [5.41, 5.74) is 2.18. The molecule has 1 aromatic rings. The number of likely N-dealkylation sites (tertiary alicyclic amines) is 1. The number of hydrogen-bond donors (Lipinski definition) is 2. The summed E-state index contributed by atoms with van der Waals surface area (Å²) in [6.45, 7) is 7.45. The molecule has 1 unspecified atom stereocenters. The van der Waals surface area contributed by atoms with E-state index in [1.54, 1.807) is 6.07 Å². The van der Waals surface area contributed by atoms with Gasteiger partial charge < -0.3 is 15.3 Å². The van der Waals surface area contributed by atoms with Crippen LogP contribution >= 0.6 is 0 Å². The second-order valence-corrected chi connectivity index (χ2v) is 6.00. The molecule has 0 radical (unpaired) electrons. The summed E-state index contributed by atoms with van der Waals surface area (Å²) in [6, 6.07) is 6.15. The van der Waals surface area contributed by atoms with Crippen molar-refractivity contribution in [3.05, 3.63) is 29.3 Å². The van der Waals surface area contributed by atoms with Gasteiger partial charge in [0.15, 0.2) is 0 Å². The van der Waals surface area contributed by atoms with Gasteiger partial charge in [-0.25, -0.2) is 4.79 Å². The molecule has 4 nitrogen and oxygen atoms in total. The minimum Gasteiger partial charge on any atom is -0.478 e. The number of carboxylic acids is 1. The summed E-state index contributed by atoms with van der Waals surface area (Å²) in [6.07, 6.45) is 5.13. The molecule has 1 heterocycles. The van der Waals surface area contributed by atoms with Crippen LogP contribution < -0.4 is 5.32 Å². The van der Waals surface area contributed by atoms with Crippen molar-refractivity contribution in [3.63, 3.8) is 0 Å².